The molecule has 2 aromatic rings. The second-order valence-electron chi connectivity index (χ2n) is 5.48. The van der Waals surface area contributed by atoms with Crippen molar-refractivity contribution in [2.75, 3.05) is 13.1 Å². The standard InChI is InChI=1S/C14H16N2O2S2/c1-14(13(17)18)3-4-16(9-14)6-11-8-20-12(15-11)10-2-5-19-7-10/h2,5,7-8H,3-4,6,9H2,1H3,(H,17,18). The van der Waals surface area contributed by atoms with E-state index in [2.05, 4.69) is 32.1 Å². The van der Waals surface area contributed by atoms with Crippen molar-refractivity contribution in [1.29, 1.82) is 0 Å². The molecule has 0 bridgehead atoms. The third-order valence-electron chi connectivity index (χ3n) is 3.77. The zero-order valence-corrected chi connectivity index (χ0v) is 12.8. The van der Waals surface area contributed by atoms with Crippen LogP contribution in [-0.2, 0) is 11.3 Å². The molecule has 0 aliphatic carbocycles. The maximum absolute atomic E-state index is 11.2. The summed E-state index contributed by atoms with van der Waals surface area (Å²) in [6.45, 7) is 4.00. The smallest absolute Gasteiger partial charge is 0.310 e. The summed E-state index contributed by atoms with van der Waals surface area (Å²) >= 11 is 3.32. The fourth-order valence-corrected chi connectivity index (χ4v) is 4.02. The Kier molecular flexibility index (Phi) is 3.62. The van der Waals surface area contributed by atoms with Crippen molar-refractivity contribution in [2.45, 2.75) is 19.9 Å². The molecule has 0 radical (unpaired) electrons. The van der Waals surface area contributed by atoms with Crippen LogP contribution >= 0.6 is 22.7 Å². The Morgan fingerprint density at radius 3 is 3.05 bits per heavy atom. The first-order valence-corrected chi connectivity index (χ1v) is 8.32. The monoisotopic (exact) mass is 308 g/mol. The molecule has 1 aliphatic heterocycles. The first kappa shape index (κ1) is 13.7. The van der Waals surface area contributed by atoms with Crippen LogP contribution in [0.3, 0.4) is 0 Å². The molecule has 0 saturated carbocycles. The molecule has 3 heterocycles. The van der Waals surface area contributed by atoms with Gasteiger partial charge in [-0.15, -0.1) is 11.3 Å². The van der Waals surface area contributed by atoms with Gasteiger partial charge in [0.15, 0.2) is 0 Å². The van der Waals surface area contributed by atoms with Crippen molar-refractivity contribution in [3.05, 3.63) is 27.9 Å². The fourth-order valence-electron chi connectivity index (χ4n) is 2.49. The number of thiophene rings is 1. The largest absolute Gasteiger partial charge is 0.481 e. The predicted molar refractivity (Wildman–Crippen MR) is 81.1 cm³/mol. The van der Waals surface area contributed by atoms with Crippen LogP contribution in [0.25, 0.3) is 10.6 Å². The van der Waals surface area contributed by atoms with Crippen LogP contribution in [0.1, 0.15) is 19.0 Å². The van der Waals surface area contributed by atoms with Crippen molar-refractivity contribution >= 4 is 28.6 Å². The number of carbonyl (C=O) groups is 1. The van der Waals surface area contributed by atoms with Gasteiger partial charge >= 0.3 is 5.97 Å². The lowest BCUT2D eigenvalue weighted by molar-refractivity contribution is -0.147. The molecule has 0 spiro atoms. The van der Waals surface area contributed by atoms with E-state index in [0.29, 0.717) is 13.0 Å². The summed E-state index contributed by atoms with van der Waals surface area (Å²) in [5, 5.41) is 16.5. The van der Waals surface area contributed by atoms with Crippen LogP contribution in [0.5, 0.6) is 0 Å². The van der Waals surface area contributed by atoms with Crippen LogP contribution in [0, 0.1) is 5.41 Å². The molecule has 106 valence electrons. The number of hydrogen-bond donors (Lipinski definition) is 1. The number of likely N-dealkylation sites (tertiary alicyclic amines) is 1. The Morgan fingerprint density at radius 1 is 1.55 bits per heavy atom. The molecule has 0 aromatic carbocycles. The number of hydrogen-bond acceptors (Lipinski definition) is 5. The molecule has 1 saturated heterocycles. The number of nitrogens with zero attached hydrogens (tertiary/aromatic N) is 2. The van der Waals surface area contributed by atoms with Crippen LogP contribution in [0.15, 0.2) is 22.2 Å². The molecular formula is C14H16N2O2S2. The number of thiazole rings is 1. The lowest BCUT2D eigenvalue weighted by Crippen LogP contribution is -2.31. The summed E-state index contributed by atoms with van der Waals surface area (Å²) in [6.07, 6.45) is 0.712. The van der Waals surface area contributed by atoms with Gasteiger partial charge in [0.2, 0.25) is 0 Å². The zero-order chi connectivity index (χ0) is 14.2. The summed E-state index contributed by atoms with van der Waals surface area (Å²) < 4.78 is 0. The van der Waals surface area contributed by atoms with Crippen LogP contribution in [-0.4, -0.2) is 34.0 Å². The van der Waals surface area contributed by atoms with E-state index in [1.165, 1.54) is 5.56 Å². The first-order valence-electron chi connectivity index (χ1n) is 6.49. The van der Waals surface area contributed by atoms with E-state index >= 15 is 0 Å². The van der Waals surface area contributed by atoms with Gasteiger partial charge in [-0.3, -0.25) is 9.69 Å². The maximum atomic E-state index is 11.2. The highest BCUT2D eigenvalue weighted by molar-refractivity contribution is 7.14. The molecule has 1 N–H and O–H groups in total. The Morgan fingerprint density at radius 2 is 2.40 bits per heavy atom. The molecular weight excluding hydrogens is 292 g/mol. The third-order valence-corrected chi connectivity index (χ3v) is 5.40. The number of aromatic nitrogens is 1. The molecule has 1 aliphatic rings. The van der Waals surface area contributed by atoms with Gasteiger partial charge in [-0.2, -0.15) is 11.3 Å². The highest BCUT2D eigenvalue weighted by Crippen LogP contribution is 2.32. The average molecular weight is 308 g/mol. The van der Waals surface area contributed by atoms with Crippen molar-refractivity contribution < 1.29 is 9.90 Å². The number of rotatable bonds is 4. The number of carboxylic acids is 1. The predicted octanol–water partition coefficient (Wildman–Crippen LogP) is 3.17. The van der Waals surface area contributed by atoms with Gasteiger partial charge in [0, 0.05) is 29.4 Å². The molecule has 1 atom stereocenters. The van der Waals surface area contributed by atoms with Crippen molar-refractivity contribution in [1.82, 2.24) is 9.88 Å². The molecule has 1 unspecified atom stereocenters. The minimum absolute atomic E-state index is 0.605. The van der Waals surface area contributed by atoms with Gasteiger partial charge < -0.3 is 5.11 Å². The van der Waals surface area contributed by atoms with Gasteiger partial charge in [-0.25, -0.2) is 4.98 Å². The van der Waals surface area contributed by atoms with E-state index in [1.807, 2.05) is 6.92 Å². The lowest BCUT2D eigenvalue weighted by atomic mass is 9.90. The van der Waals surface area contributed by atoms with Crippen molar-refractivity contribution in [3.8, 4) is 10.6 Å². The average Bonchev–Trinajstić information content (AvgIpc) is 3.10. The molecule has 1 fully saturated rings. The minimum atomic E-state index is -0.697. The highest BCUT2D eigenvalue weighted by Gasteiger charge is 2.40. The lowest BCUT2D eigenvalue weighted by Gasteiger charge is -2.19. The second-order valence-corrected chi connectivity index (χ2v) is 7.12. The number of aliphatic carboxylic acids is 1. The normalized spacial score (nSPS) is 23.2. The van der Waals surface area contributed by atoms with Gasteiger partial charge in [0.05, 0.1) is 11.1 Å². The van der Waals surface area contributed by atoms with Crippen LogP contribution < -0.4 is 0 Å². The van der Waals surface area contributed by atoms with Crippen LogP contribution in [0.4, 0.5) is 0 Å². The zero-order valence-electron chi connectivity index (χ0n) is 11.2. The number of carboxylic acid groups (broad SMARTS) is 1. The van der Waals surface area contributed by atoms with Crippen LogP contribution in [0.2, 0.25) is 0 Å². The topological polar surface area (TPSA) is 53.4 Å². The Bertz CT molecular complexity index is 608. The fraction of sp³-hybridized carbons (Fsp3) is 0.429. The van der Waals surface area contributed by atoms with Crippen molar-refractivity contribution in [2.24, 2.45) is 5.41 Å². The molecule has 4 nitrogen and oxygen atoms in total. The van der Waals surface area contributed by atoms with E-state index in [0.717, 1.165) is 23.8 Å². The van der Waals surface area contributed by atoms with E-state index in [9.17, 15) is 9.90 Å². The molecule has 6 heteroatoms. The van der Waals surface area contributed by atoms with Gasteiger partial charge in [0.25, 0.3) is 0 Å². The van der Waals surface area contributed by atoms with Crippen molar-refractivity contribution in [3.63, 3.8) is 0 Å². The minimum Gasteiger partial charge on any atom is -0.481 e. The quantitative estimate of drug-likeness (QED) is 0.942. The van der Waals surface area contributed by atoms with Gasteiger partial charge in [-0.05, 0) is 31.3 Å². The molecule has 3 rings (SSSR count). The molecule has 2 aromatic heterocycles. The molecule has 0 amide bonds. The summed E-state index contributed by atoms with van der Waals surface area (Å²) in [5.41, 5.74) is 1.60. The maximum Gasteiger partial charge on any atom is 0.310 e. The van der Waals surface area contributed by atoms with E-state index in [-0.39, 0.29) is 0 Å². The van der Waals surface area contributed by atoms with E-state index < -0.39 is 11.4 Å². The Hall–Kier alpha value is -1.24. The van der Waals surface area contributed by atoms with E-state index in [1.54, 1.807) is 22.7 Å². The second kappa shape index (κ2) is 5.27. The molecule has 20 heavy (non-hydrogen) atoms. The first-order chi connectivity index (χ1) is 9.57. The van der Waals surface area contributed by atoms with Gasteiger partial charge in [-0.1, -0.05) is 0 Å². The summed E-state index contributed by atoms with van der Waals surface area (Å²) in [4.78, 5) is 18.1. The summed E-state index contributed by atoms with van der Waals surface area (Å²) in [7, 11) is 0. The third kappa shape index (κ3) is 2.63. The Balaban J connectivity index is 1.66. The highest BCUT2D eigenvalue weighted by atomic mass is 32.1. The SMILES string of the molecule is CC1(C(=O)O)CCN(Cc2csc(-c3ccsc3)n2)C1. The van der Waals surface area contributed by atoms with E-state index in [4.69, 9.17) is 0 Å². The summed E-state index contributed by atoms with van der Waals surface area (Å²) in [6, 6.07) is 2.07. The Labute approximate surface area is 125 Å². The van der Waals surface area contributed by atoms with Gasteiger partial charge in [0.1, 0.15) is 5.01 Å². The summed E-state index contributed by atoms with van der Waals surface area (Å²) in [5.74, 6) is -0.697.